The second kappa shape index (κ2) is 28.9. The molecule has 0 aliphatic rings. The van der Waals surface area contributed by atoms with Gasteiger partial charge in [0.05, 0.1) is 24.4 Å². The molecule has 0 aliphatic carbocycles. The first kappa shape index (κ1) is 45.3. The summed E-state index contributed by atoms with van der Waals surface area (Å²) in [7, 11) is 0. The number of rotatable bonds is 10. The molecule has 4 radical (unpaired) electrons. The molecule has 0 aromatic carbocycles. The Morgan fingerprint density at radius 2 is 0.886 bits per heavy atom. The van der Waals surface area contributed by atoms with E-state index in [4.69, 9.17) is 18.9 Å². The molecule has 0 saturated carbocycles. The van der Waals surface area contributed by atoms with Crippen molar-refractivity contribution >= 4 is 61.1 Å². The molecule has 0 aliphatic heterocycles. The number of ether oxygens (including phenoxy) is 4. The van der Waals surface area contributed by atoms with Gasteiger partial charge in [-0.1, -0.05) is 41.5 Å². The molecule has 0 saturated heterocycles. The van der Waals surface area contributed by atoms with Gasteiger partial charge in [0, 0.05) is 12.8 Å². The predicted octanol–water partition coefficient (Wildman–Crippen LogP) is 5.14. The topological polar surface area (TPSA) is 71.1 Å². The first-order valence-electron chi connectivity index (χ1n) is 11.8. The zero-order chi connectivity index (χ0) is 27.8. The largest absolute Gasteiger partial charge is 2.00 e. The number of esters is 2. The first-order chi connectivity index (χ1) is 15.4. The van der Waals surface area contributed by atoms with Crippen LogP contribution < -0.4 is 0 Å². The smallest absolute Gasteiger partial charge is 0.792 e. The Morgan fingerprint density at radius 3 is 1.06 bits per heavy atom. The van der Waals surface area contributed by atoms with Crippen molar-refractivity contribution in [2.24, 2.45) is 11.8 Å². The van der Waals surface area contributed by atoms with Gasteiger partial charge in [-0.2, -0.15) is 11.5 Å². The van der Waals surface area contributed by atoms with Crippen LogP contribution in [0.25, 0.3) is 0 Å². The van der Waals surface area contributed by atoms with Crippen LogP contribution >= 0.6 is 0 Å². The van der Waals surface area contributed by atoms with Gasteiger partial charge >= 0.3 is 35.8 Å². The Balaban J connectivity index is -0.000000128. The molecule has 0 aromatic rings. The minimum absolute atomic E-state index is 0. The molecular weight excluding hydrogens is 591 g/mol. The van der Waals surface area contributed by atoms with Crippen molar-refractivity contribution in [3.63, 3.8) is 0 Å². The summed E-state index contributed by atoms with van der Waals surface area (Å²) >= 11 is 9.27. The van der Waals surface area contributed by atoms with Crippen molar-refractivity contribution in [1.82, 2.24) is 0 Å². The summed E-state index contributed by atoms with van der Waals surface area (Å²) in [6, 6.07) is 0. The van der Waals surface area contributed by atoms with E-state index in [1.807, 2.05) is 41.5 Å². The number of hydrogen-bond acceptors (Lipinski definition) is 8. The standard InChI is InChI=1S/2C9H18O3S.2C4H9.Sn/c2*1-9(2,3)12-6-5-11-8(10)4-7-13;2*1-4(2)3;/h2*13H,4-7H2,1-3H3;2*4H,1H2,2-3H3;/q;;;;+2/p-2. The fourth-order valence-corrected chi connectivity index (χ4v) is 1.65. The van der Waals surface area contributed by atoms with E-state index in [1.165, 1.54) is 0 Å². The van der Waals surface area contributed by atoms with E-state index in [2.05, 4.69) is 66.8 Å². The molecule has 9 heteroatoms. The molecular formula is C26H52O6S2Sn. The van der Waals surface area contributed by atoms with Gasteiger partial charge in [-0.25, -0.2) is 0 Å². The maximum atomic E-state index is 10.8. The van der Waals surface area contributed by atoms with Crippen molar-refractivity contribution in [3.8, 4) is 0 Å². The van der Waals surface area contributed by atoms with Crippen molar-refractivity contribution in [2.45, 2.75) is 93.3 Å². The zero-order valence-corrected chi connectivity index (χ0v) is 28.5. The number of carbonyl (C=O) groups is 2. The molecule has 0 fully saturated rings. The van der Waals surface area contributed by atoms with E-state index >= 15 is 0 Å². The van der Waals surface area contributed by atoms with Crippen LogP contribution in [0.1, 0.15) is 82.1 Å². The average Bonchev–Trinajstić information content (AvgIpc) is 2.61. The van der Waals surface area contributed by atoms with E-state index in [0.717, 1.165) is 0 Å². The molecule has 6 nitrogen and oxygen atoms in total. The molecule has 0 bridgehead atoms. The Bertz CT molecular complexity index is 414. The molecule has 35 heavy (non-hydrogen) atoms. The van der Waals surface area contributed by atoms with E-state index in [-0.39, 0.29) is 47.0 Å². The Kier molecular flexibility index (Phi) is 37.4. The summed E-state index contributed by atoms with van der Waals surface area (Å²) in [6.45, 7) is 28.7. The molecule has 0 aromatic heterocycles. The second-order valence-electron chi connectivity index (χ2n) is 10.1. The van der Waals surface area contributed by atoms with E-state index in [9.17, 15) is 9.59 Å². The fourth-order valence-electron chi connectivity index (χ4n) is 1.32. The predicted molar refractivity (Wildman–Crippen MR) is 153 cm³/mol. The van der Waals surface area contributed by atoms with Crippen LogP contribution in [0, 0.1) is 25.7 Å². The number of hydrogen-bond donors (Lipinski definition) is 0. The van der Waals surface area contributed by atoms with Crippen molar-refractivity contribution in [2.75, 3.05) is 37.9 Å². The zero-order valence-electron chi connectivity index (χ0n) is 24.0. The van der Waals surface area contributed by atoms with Gasteiger partial charge in [-0.15, -0.1) is 0 Å². The summed E-state index contributed by atoms with van der Waals surface area (Å²) in [4.78, 5) is 21.6. The van der Waals surface area contributed by atoms with Crippen LogP contribution in [0.5, 0.6) is 0 Å². The van der Waals surface area contributed by atoms with E-state index in [1.54, 1.807) is 0 Å². The molecule has 0 rings (SSSR count). The fraction of sp³-hybridized carbons (Fsp3) is 0.846. The van der Waals surface area contributed by atoms with Crippen LogP contribution in [0.4, 0.5) is 0 Å². The maximum Gasteiger partial charge on any atom is 2.00 e. The molecule has 0 spiro atoms. The van der Waals surface area contributed by atoms with E-state index in [0.29, 0.717) is 62.6 Å². The second-order valence-corrected chi connectivity index (χ2v) is 10.9. The average molecular weight is 644 g/mol. The molecule has 208 valence electrons. The van der Waals surface area contributed by atoms with Crippen LogP contribution in [-0.4, -0.2) is 85.0 Å². The minimum atomic E-state index is -0.243. The Labute approximate surface area is 245 Å². The van der Waals surface area contributed by atoms with Crippen molar-refractivity contribution in [3.05, 3.63) is 13.8 Å². The Morgan fingerprint density at radius 1 is 0.657 bits per heavy atom. The van der Waals surface area contributed by atoms with Crippen LogP contribution in [0.15, 0.2) is 0 Å². The van der Waals surface area contributed by atoms with Crippen LogP contribution in [0.2, 0.25) is 0 Å². The Hall–Kier alpha value is 0.359. The quantitative estimate of drug-likeness (QED) is 0.141. The molecule has 0 unspecified atom stereocenters. The van der Waals surface area contributed by atoms with Gasteiger partial charge < -0.3 is 44.2 Å². The van der Waals surface area contributed by atoms with Gasteiger partial charge in [0.2, 0.25) is 0 Å². The van der Waals surface area contributed by atoms with Crippen molar-refractivity contribution in [1.29, 1.82) is 0 Å². The summed E-state index contributed by atoms with van der Waals surface area (Å²) in [5.41, 5.74) is -0.352. The summed E-state index contributed by atoms with van der Waals surface area (Å²) in [5.74, 6) is 1.51. The summed E-state index contributed by atoms with van der Waals surface area (Å²) < 4.78 is 20.4. The molecule has 0 atom stereocenters. The van der Waals surface area contributed by atoms with Crippen LogP contribution in [-0.2, 0) is 53.8 Å². The van der Waals surface area contributed by atoms with Gasteiger partial charge in [0.25, 0.3) is 0 Å². The third kappa shape index (κ3) is 72.0. The molecule has 0 heterocycles. The normalized spacial score (nSPS) is 10.5. The molecule has 0 N–H and O–H groups in total. The van der Waals surface area contributed by atoms with Crippen LogP contribution in [0.3, 0.4) is 0 Å². The van der Waals surface area contributed by atoms with Gasteiger partial charge in [-0.05, 0) is 53.4 Å². The summed E-state index contributed by atoms with van der Waals surface area (Å²) in [6.07, 6.45) is 0.621. The monoisotopic (exact) mass is 644 g/mol. The van der Waals surface area contributed by atoms with Gasteiger partial charge in [0.1, 0.15) is 13.2 Å². The third-order valence-electron chi connectivity index (χ3n) is 2.38. The van der Waals surface area contributed by atoms with Crippen molar-refractivity contribution < 1.29 is 28.5 Å². The summed E-state index contributed by atoms with van der Waals surface area (Å²) in [5, 5.41) is 0. The van der Waals surface area contributed by atoms with E-state index < -0.39 is 0 Å². The first-order valence-corrected chi connectivity index (χ1v) is 12.9. The third-order valence-corrected chi connectivity index (χ3v) is 2.78. The minimum Gasteiger partial charge on any atom is -0.792 e. The maximum absolute atomic E-state index is 10.8. The van der Waals surface area contributed by atoms with Gasteiger partial charge in [-0.3, -0.25) is 9.59 Å². The SMILES string of the molecule is CC(C)(C)OCCOC(=O)CC[S-].CC(C)(C)OCCOC(=O)CC[S-].[CH2]C(C)C.[CH2]C(C)C.[Sn+2]. The number of carbonyl (C=O) groups excluding carboxylic acids is 2. The van der Waals surface area contributed by atoms with Gasteiger partial charge in [0.15, 0.2) is 0 Å². The molecule has 0 amide bonds.